The lowest BCUT2D eigenvalue weighted by atomic mass is 10.1. The van der Waals surface area contributed by atoms with Gasteiger partial charge in [0, 0.05) is 17.0 Å². The quantitative estimate of drug-likeness (QED) is 0.485. The van der Waals surface area contributed by atoms with Crippen molar-refractivity contribution in [1.82, 2.24) is 4.57 Å². The summed E-state index contributed by atoms with van der Waals surface area (Å²) in [6.07, 6.45) is 0. The molecule has 0 radical (unpaired) electrons. The van der Waals surface area contributed by atoms with Crippen LogP contribution in [-0.2, 0) is 11.3 Å². The Morgan fingerprint density at radius 3 is 2.67 bits per heavy atom. The number of thiazole rings is 1. The van der Waals surface area contributed by atoms with Crippen LogP contribution in [-0.4, -0.2) is 17.1 Å². The summed E-state index contributed by atoms with van der Waals surface area (Å²) in [5.41, 5.74) is 1.09. The Labute approximate surface area is 165 Å². The Balaban J connectivity index is 1.68. The summed E-state index contributed by atoms with van der Waals surface area (Å²) < 4.78 is 8.71. The van der Waals surface area contributed by atoms with Crippen molar-refractivity contribution in [3.63, 3.8) is 0 Å². The van der Waals surface area contributed by atoms with Gasteiger partial charge in [-0.2, -0.15) is 4.99 Å². The van der Waals surface area contributed by atoms with Crippen LogP contribution in [0.15, 0.2) is 65.7 Å². The highest BCUT2D eigenvalue weighted by atomic mass is 35.5. The summed E-state index contributed by atoms with van der Waals surface area (Å²) in [6, 6.07) is 19.3. The van der Waals surface area contributed by atoms with Crippen LogP contribution in [0.5, 0.6) is 5.75 Å². The molecule has 6 heteroatoms. The van der Waals surface area contributed by atoms with Gasteiger partial charge in [-0.15, -0.1) is 0 Å². The number of nitrogens with zero attached hydrogens (tertiary/aromatic N) is 2. The fourth-order valence-electron chi connectivity index (χ4n) is 3.00. The highest BCUT2D eigenvalue weighted by Crippen LogP contribution is 2.27. The highest BCUT2D eigenvalue weighted by molar-refractivity contribution is 7.17. The SMILES string of the molecule is CCn1c(=NC(=O)COc2ccc(Cl)cc2)sc2c3ccccc3ccc21. The molecular weight excluding hydrogens is 380 g/mol. The van der Waals surface area contributed by atoms with E-state index in [2.05, 4.69) is 40.7 Å². The first-order chi connectivity index (χ1) is 13.2. The van der Waals surface area contributed by atoms with Gasteiger partial charge < -0.3 is 9.30 Å². The van der Waals surface area contributed by atoms with Crippen LogP contribution < -0.4 is 9.54 Å². The minimum atomic E-state index is -0.317. The van der Waals surface area contributed by atoms with E-state index in [1.807, 2.05) is 12.1 Å². The second-order valence-corrected chi connectivity index (χ2v) is 7.43. The summed E-state index contributed by atoms with van der Waals surface area (Å²) in [5, 5.41) is 2.98. The molecule has 0 aliphatic heterocycles. The van der Waals surface area contributed by atoms with Crippen LogP contribution in [0.2, 0.25) is 5.02 Å². The Hall–Kier alpha value is -2.63. The number of amides is 1. The number of rotatable bonds is 4. The maximum atomic E-state index is 12.3. The number of benzene rings is 3. The van der Waals surface area contributed by atoms with E-state index in [9.17, 15) is 4.79 Å². The van der Waals surface area contributed by atoms with Crippen molar-refractivity contribution in [3.8, 4) is 5.75 Å². The smallest absolute Gasteiger partial charge is 0.286 e. The van der Waals surface area contributed by atoms with E-state index < -0.39 is 0 Å². The molecule has 0 saturated carbocycles. The van der Waals surface area contributed by atoms with Gasteiger partial charge in [-0.25, -0.2) is 0 Å². The van der Waals surface area contributed by atoms with E-state index in [1.54, 1.807) is 24.3 Å². The van der Waals surface area contributed by atoms with Crippen LogP contribution in [0.4, 0.5) is 0 Å². The van der Waals surface area contributed by atoms with Crippen molar-refractivity contribution < 1.29 is 9.53 Å². The third-order valence-electron chi connectivity index (χ3n) is 4.29. The number of aromatic nitrogens is 1. The molecule has 4 aromatic rings. The molecule has 1 amide bonds. The monoisotopic (exact) mass is 396 g/mol. The van der Waals surface area contributed by atoms with Crippen LogP contribution in [0.25, 0.3) is 21.0 Å². The maximum Gasteiger partial charge on any atom is 0.286 e. The second-order valence-electron chi connectivity index (χ2n) is 6.01. The fourth-order valence-corrected chi connectivity index (χ4v) is 4.38. The molecule has 3 aromatic carbocycles. The largest absolute Gasteiger partial charge is 0.484 e. The van der Waals surface area contributed by atoms with Gasteiger partial charge in [0.15, 0.2) is 11.4 Å². The lowest BCUT2D eigenvalue weighted by Gasteiger charge is -2.03. The Morgan fingerprint density at radius 2 is 1.89 bits per heavy atom. The van der Waals surface area contributed by atoms with Crippen LogP contribution >= 0.6 is 22.9 Å². The Morgan fingerprint density at radius 1 is 1.11 bits per heavy atom. The molecule has 0 bridgehead atoms. The third-order valence-corrected chi connectivity index (χ3v) is 5.67. The lowest BCUT2D eigenvalue weighted by molar-refractivity contribution is -0.120. The van der Waals surface area contributed by atoms with Crippen molar-refractivity contribution in [2.75, 3.05) is 6.61 Å². The predicted octanol–water partition coefficient (Wildman–Crippen LogP) is 5.04. The molecule has 0 saturated heterocycles. The zero-order valence-electron chi connectivity index (χ0n) is 14.7. The zero-order chi connectivity index (χ0) is 18.8. The van der Waals surface area contributed by atoms with Crippen LogP contribution in [0.1, 0.15) is 6.92 Å². The van der Waals surface area contributed by atoms with Crippen molar-refractivity contribution >= 4 is 49.8 Å². The zero-order valence-corrected chi connectivity index (χ0v) is 16.3. The van der Waals surface area contributed by atoms with Crippen molar-refractivity contribution in [1.29, 1.82) is 0 Å². The van der Waals surface area contributed by atoms with Gasteiger partial charge in [-0.05, 0) is 42.6 Å². The number of carbonyl (C=O) groups excluding carboxylic acids is 1. The van der Waals surface area contributed by atoms with Gasteiger partial charge in [0.2, 0.25) is 0 Å². The second kappa shape index (κ2) is 7.55. The third kappa shape index (κ3) is 3.61. The molecule has 0 spiro atoms. The van der Waals surface area contributed by atoms with Gasteiger partial charge in [0.25, 0.3) is 5.91 Å². The number of carbonyl (C=O) groups is 1. The molecule has 0 aliphatic carbocycles. The lowest BCUT2D eigenvalue weighted by Crippen LogP contribution is -2.18. The summed E-state index contributed by atoms with van der Waals surface area (Å²) in [4.78, 5) is 17.3. The normalized spacial score (nSPS) is 12.0. The summed E-state index contributed by atoms with van der Waals surface area (Å²) in [5.74, 6) is 0.275. The summed E-state index contributed by atoms with van der Waals surface area (Å²) in [7, 11) is 0. The number of hydrogen-bond acceptors (Lipinski definition) is 3. The molecule has 1 aromatic heterocycles. The molecule has 136 valence electrons. The van der Waals surface area contributed by atoms with Gasteiger partial charge in [-0.3, -0.25) is 4.79 Å². The molecule has 0 N–H and O–H groups in total. The van der Waals surface area contributed by atoms with Gasteiger partial charge in [0.05, 0.1) is 10.2 Å². The average Bonchev–Trinajstić information content (AvgIpc) is 3.05. The van der Waals surface area contributed by atoms with Gasteiger partial charge in [-0.1, -0.05) is 53.3 Å². The molecule has 0 unspecified atom stereocenters. The van der Waals surface area contributed by atoms with E-state index >= 15 is 0 Å². The average molecular weight is 397 g/mol. The molecule has 1 heterocycles. The first kappa shape index (κ1) is 17.8. The van der Waals surface area contributed by atoms with E-state index in [4.69, 9.17) is 16.3 Å². The van der Waals surface area contributed by atoms with E-state index in [1.165, 1.54) is 22.1 Å². The van der Waals surface area contributed by atoms with Crippen molar-refractivity contribution in [2.45, 2.75) is 13.5 Å². The topological polar surface area (TPSA) is 43.6 Å². The van der Waals surface area contributed by atoms with Crippen LogP contribution in [0, 0.1) is 0 Å². The molecule has 27 heavy (non-hydrogen) atoms. The molecule has 4 nitrogen and oxygen atoms in total. The minimum absolute atomic E-state index is 0.111. The molecule has 0 aliphatic rings. The highest BCUT2D eigenvalue weighted by Gasteiger charge is 2.10. The first-order valence-electron chi connectivity index (χ1n) is 8.62. The number of ether oxygens (including phenoxy) is 1. The number of halogens is 1. The molecular formula is C21H17ClN2O2S. The summed E-state index contributed by atoms with van der Waals surface area (Å²) in [6.45, 7) is 2.68. The van der Waals surface area contributed by atoms with Gasteiger partial charge in [0.1, 0.15) is 5.75 Å². The van der Waals surface area contributed by atoms with E-state index in [0.29, 0.717) is 15.6 Å². The molecule has 0 fully saturated rings. The Bertz CT molecular complexity index is 1190. The van der Waals surface area contributed by atoms with E-state index in [-0.39, 0.29) is 12.5 Å². The molecule has 4 rings (SSSR count). The van der Waals surface area contributed by atoms with Crippen LogP contribution in [0.3, 0.4) is 0 Å². The fraction of sp³-hybridized carbons (Fsp3) is 0.143. The standard InChI is InChI=1S/C21H17ClN2O2S/c1-2-24-18-12-7-14-5-3-4-6-17(14)20(18)27-21(24)23-19(25)13-26-16-10-8-15(22)9-11-16/h3-12H,2,13H2,1H3. The number of aryl methyl sites for hydroxylation is 1. The molecule has 0 atom stereocenters. The van der Waals surface area contributed by atoms with E-state index in [0.717, 1.165) is 16.8 Å². The number of fused-ring (bicyclic) bond motifs is 3. The predicted molar refractivity (Wildman–Crippen MR) is 111 cm³/mol. The first-order valence-corrected chi connectivity index (χ1v) is 9.82. The van der Waals surface area contributed by atoms with Gasteiger partial charge >= 0.3 is 0 Å². The van der Waals surface area contributed by atoms with Crippen molar-refractivity contribution in [2.24, 2.45) is 4.99 Å². The Kier molecular flexibility index (Phi) is 4.97. The summed E-state index contributed by atoms with van der Waals surface area (Å²) >= 11 is 7.39. The number of hydrogen-bond donors (Lipinski definition) is 0. The maximum absolute atomic E-state index is 12.3. The van der Waals surface area contributed by atoms with Crippen molar-refractivity contribution in [3.05, 3.63) is 70.5 Å². The minimum Gasteiger partial charge on any atom is -0.484 e.